The van der Waals surface area contributed by atoms with E-state index >= 15 is 0 Å². The van der Waals surface area contributed by atoms with Crippen molar-refractivity contribution in [3.05, 3.63) is 0 Å². The van der Waals surface area contributed by atoms with Crippen molar-refractivity contribution < 1.29 is 5.11 Å². The number of unbranched alkanes of at least 4 members (excludes halogenated alkanes) is 1. The molecule has 1 aliphatic carbocycles. The maximum absolute atomic E-state index is 9.23. The number of aliphatic hydroxyl groups excluding tert-OH is 1. The number of nitrogens with two attached hydrogens (primary N) is 1. The third-order valence-corrected chi connectivity index (χ3v) is 3.98. The summed E-state index contributed by atoms with van der Waals surface area (Å²) < 4.78 is 0. The largest absolute Gasteiger partial charge is 0.396 e. The topological polar surface area (TPSA) is 70.6 Å². The van der Waals surface area contributed by atoms with Gasteiger partial charge in [0.25, 0.3) is 0 Å². The molecule has 1 fully saturated rings. The molecule has 1 aliphatic rings. The molecular formula is C14H29N3O. The fraction of sp³-hybridized carbons (Fsp3) is 0.929. The first-order valence-corrected chi connectivity index (χ1v) is 7.37. The molecule has 1 saturated carbocycles. The van der Waals surface area contributed by atoms with Gasteiger partial charge in [0.05, 0.1) is 0 Å². The van der Waals surface area contributed by atoms with Crippen molar-refractivity contribution in [1.82, 2.24) is 5.32 Å². The Hall–Kier alpha value is -0.770. The summed E-state index contributed by atoms with van der Waals surface area (Å²) in [6, 6.07) is 0. The Morgan fingerprint density at radius 2 is 2.06 bits per heavy atom. The Labute approximate surface area is 111 Å². The van der Waals surface area contributed by atoms with E-state index in [1.54, 1.807) is 0 Å². The Balaban J connectivity index is 2.42. The molecule has 1 rings (SSSR count). The number of aliphatic imine (C=N–C) groups is 1. The maximum Gasteiger partial charge on any atom is 0.188 e. The summed E-state index contributed by atoms with van der Waals surface area (Å²) >= 11 is 0. The molecule has 4 heteroatoms. The molecular weight excluding hydrogens is 226 g/mol. The average molecular weight is 255 g/mol. The lowest BCUT2D eigenvalue weighted by Gasteiger charge is -2.35. The zero-order chi connectivity index (χ0) is 13.3. The second-order valence-electron chi connectivity index (χ2n) is 5.52. The van der Waals surface area contributed by atoms with Crippen molar-refractivity contribution in [3.8, 4) is 0 Å². The summed E-state index contributed by atoms with van der Waals surface area (Å²) in [4.78, 5) is 4.48. The van der Waals surface area contributed by atoms with Crippen LogP contribution < -0.4 is 11.1 Å². The highest BCUT2D eigenvalue weighted by atomic mass is 16.3. The minimum Gasteiger partial charge on any atom is -0.396 e. The molecule has 0 aliphatic heterocycles. The molecule has 4 N–H and O–H groups in total. The molecule has 0 aromatic carbocycles. The van der Waals surface area contributed by atoms with Crippen molar-refractivity contribution in [2.45, 2.75) is 58.3 Å². The second kappa shape index (κ2) is 8.35. The highest BCUT2D eigenvalue weighted by molar-refractivity contribution is 5.77. The molecule has 18 heavy (non-hydrogen) atoms. The first-order valence-electron chi connectivity index (χ1n) is 7.37. The van der Waals surface area contributed by atoms with E-state index in [-0.39, 0.29) is 12.0 Å². The van der Waals surface area contributed by atoms with Crippen LogP contribution in [0.4, 0.5) is 0 Å². The Morgan fingerprint density at radius 1 is 1.33 bits per heavy atom. The summed E-state index contributed by atoms with van der Waals surface area (Å²) in [5, 5.41) is 12.4. The van der Waals surface area contributed by atoms with Crippen LogP contribution in [-0.2, 0) is 0 Å². The van der Waals surface area contributed by atoms with Gasteiger partial charge in [0.2, 0.25) is 0 Å². The number of aliphatic hydroxyl groups is 1. The fourth-order valence-corrected chi connectivity index (χ4v) is 2.73. The molecule has 0 saturated heterocycles. The first-order chi connectivity index (χ1) is 8.72. The van der Waals surface area contributed by atoms with Gasteiger partial charge >= 0.3 is 0 Å². The predicted molar refractivity (Wildman–Crippen MR) is 76.6 cm³/mol. The van der Waals surface area contributed by atoms with Crippen LogP contribution in [0.5, 0.6) is 0 Å². The summed E-state index contributed by atoms with van der Waals surface area (Å²) in [6.45, 7) is 4.09. The minimum absolute atomic E-state index is 0.198. The van der Waals surface area contributed by atoms with Gasteiger partial charge in [-0.05, 0) is 31.1 Å². The number of rotatable bonds is 7. The van der Waals surface area contributed by atoms with Crippen LogP contribution >= 0.6 is 0 Å². The van der Waals surface area contributed by atoms with Crippen LogP contribution in [-0.4, -0.2) is 30.8 Å². The quantitative estimate of drug-likeness (QED) is 0.370. The third kappa shape index (κ3) is 5.25. The van der Waals surface area contributed by atoms with Crippen molar-refractivity contribution in [2.24, 2.45) is 16.1 Å². The molecule has 0 amide bonds. The summed E-state index contributed by atoms with van der Waals surface area (Å²) in [7, 11) is 0. The Morgan fingerprint density at radius 3 is 2.67 bits per heavy atom. The van der Waals surface area contributed by atoms with Gasteiger partial charge in [-0.25, -0.2) is 0 Å². The van der Waals surface area contributed by atoms with Gasteiger partial charge in [-0.3, -0.25) is 4.99 Å². The molecule has 0 atom stereocenters. The van der Waals surface area contributed by atoms with Gasteiger partial charge < -0.3 is 16.2 Å². The number of nitrogens with one attached hydrogen (secondary N) is 1. The standard InChI is InChI=1S/C14H29N3O/c1-2-3-10-16-13(15)17-12-14(9-11-18)7-5-4-6-8-14/h18H,2-12H2,1H3,(H3,15,16,17). The van der Waals surface area contributed by atoms with E-state index in [9.17, 15) is 5.11 Å². The van der Waals surface area contributed by atoms with Crippen LogP contribution in [0.1, 0.15) is 58.3 Å². The lowest BCUT2D eigenvalue weighted by molar-refractivity contribution is 0.137. The minimum atomic E-state index is 0.198. The highest BCUT2D eigenvalue weighted by Crippen LogP contribution is 2.39. The molecule has 0 aromatic rings. The smallest absolute Gasteiger partial charge is 0.188 e. The van der Waals surface area contributed by atoms with E-state index in [1.165, 1.54) is 32.1 Å². The maximum atomic E-state index is 9.23. The predicted octanol–water partition coefficient (Wildman–Crippen LogP) is 2.02. The van der Waals surface area contributed by atoms with Crippen LogP contribution in [0.3, 0.4) is 0 Å². The Bertz CT molecular complexity index is 242. The number of guanidine groups is 1. The normalized spacial score (nSPS) is 19.8. The van der Waals surface area contributed by atoms with Crippen molar-refractivity contribution >= 4 is 5.96 Å². The van der Waals surface area contributed by atoms with Crippen LogP contribution in [0.2, 0.25) is 0 Å². The molecule has 0 spiro atoms. The van der Waals surface area contributed by atoms with E-state index in [1.807, 2.05) is 0 Å². The molecule has 0 bridgehead atoms. The molecule has 0 aromatic heterocycles. The van der Waals surface area contributed by atoms with Crippen LogP contribution in [0, 0.1) is 5.41 Å². The van der Waals surface area contributed by atoms with E-state index in [2.05, 4.69) is 17.2 Å². The van der Waals surface area contributed by atoms with Crippen molar-refractivity contribution in [1.29, 1.82) is 0 Å². The zero-order valence-electron chi connectivity index (χ0n) is 11.7. The second-order valence-corrected chi connectivity index (χ2v) is 5.52. The van der Waals surface area contributed by atoms with Crippen molar-refractivity contribution in [3.63, 3.8) is 0 Å². The van der Waals surface area contributed by atoms with E-state index in [0.29, 0.717) is 5.96 Å². The molecule has 0 unspecified atom stereocenters. The lowest BCUT2D eigenvalue weighted by Crippen LogP contribution is -2.35. The average Bonchev–Trinajstić information content (AvgIpc) is 2.38. The van der Waals surface area contributed by atoms with E-state index in [4.69, 9.17) is 5.73 Å². The molecule has 106 valence electrons. The van der Waals surface area contributed by atoms with E-state index < -0.39 is 0 Å². The van der Waals surface area contributed by atoms with Crippen LogP contribution in [0.25, 0.3) is 0 Å². The van der Waals surface area contributed by atoms with Crippen LogP contribution in [0.15, 0.2) is 4.99 Å². The SMILES string of the molecule is CCCCNC(N)=NCC1(CCO)CCCCC1. The van der Waals surface area contributed by atoms with Gasteiger partial charge in [0.1, 0.15) is 0 Å². The van der Waals surface area contributed by atoms with Crippen molar-refractivity contribution in [2.75, 3.05) is 19.7 Å². The first kappa shape index (κ1) is 15.3. The van der Waals surface area contributed by atoms with Gasteiger partial charge in [-0.2, -0.15) is 0 Å². The molecule has 0 heterocycles. The lowest BCUT2D eigenvalue weighted by atomic mass is 9.72. The van der Waals surface area contributed by atoms with E-state index in [0.717, 1.165) is 32.4 Å². The highest BCUT2D eigenvalue weighted by Gasteiger charge is 2.31. The fourth-order valence-electron chi connectivity index (χ4n) is 2.73. The monoisotopic (exact) mass is 255 g/mol. The number of nitrogens with zero attached hydrogens (tertiary/aromatic N) is 1. The zero-order valence-corrected chi connectivity index (χ0v) is 11.7. The number of hydrogen-bond donors (Lipinski definition) is 3. The van der Waals surface area contributed by atoms with Gasteiger partial charge in [0.15, 0.2) is 5.96 Å². The van der Waals surface area contributed by atoms with Gasteiger partial charge in [-0.15, -0.1) is 0 Å². The summed E-state index contributed by atoms with van der Waals surface area (Å²) in [6.07, 6.45) is 9.35. The van der Waals surface area contributed by atoms with Gasteiger partial charge in [0, 0.05) is 19.7 Å². The number of hydrogen-bond acceptors (Lipinski definition) is 2. The van der Waals surface area contributed by atoms with Gasteiger partial charge in [-0.1, -0.05) is 32.6 Å². The molecule has 4 nitrogen and oxygen atoms in total. The summed E-state index contributed by atoms with van der Waals surface area (Å²) in [5.41, 5.74) is 6.06. The Kier molecular flexibility index (Phi) is 7.09. The third-order valence-electron chi connectivity index (χ3n) is 3.98. The summed E-state index contributed by atoms with van der Waals surface area (Å²) in [5.74, 6) is 0.561. The molecule has 0 radical (unpaired) electrons.